The first-order valence-corrected chi connectivity index (χ1v) is 31.7. The van der Waals surface area contributed by atoms with Crippen LogP contribution in [0.4, 0.5) is 0 Å². The molecule has 6 amide bonds. The van der Waals surface area contributed by atoms with Crippen molar-refractivity contribution >= 4 is 47.4 Å². The zero-order valence-corrected chi connectivity index (χ0v) is 50.1. The van der Waals surface area contributed by atoms with Crippen molar-refractivity contribution in [3.63, 3.8) is 0 Å². The number of rotatable bonds is 56. The summed E-state index contributed by atoms with van der Waals surface area (Å²) in [5.41, 5.74) is -0.678. The zero-order valence-electron chi connectivity index (χ0n) is 50.1. The van der Waals surface area contributed by atoms with E-state index in [-0.39, 0.29) is 79.9 Å². The fourth-order valence-corrected chi connectivity index (χ4v) is 10.4. The number of carboxylic acids is 2. The molecule has 10 N–H and O–H groups in total. The summed E-state index contributed by atoms with van der Waals surface area (Å²) in [5.74, 6) is -3.56. The minimum atomic E-state index is -1.15. The van der Waals surface area contributed by atoms with Crippen LogP contribution in [-0.4, -0.2) is 122 Å². The fourth-order valence-electron chi connectivity index (χ4n) is 10.4. The fraction of sp³-hybridized carbons (Fsp3) is 0.869. The molecule has 79 heavy (non-hydrogen) atoms. The molecule has 1 fully saturated rings. The molecule has 0 aromatic heterocycles. The van der Waals surface area contributed by atoms with Crippen LogP contribution < -0.4 is 42.5 Å². The molecule has 1 aliphatic rings. The minimum absolute atomic E-state index is 0.00622. The van der Waals surface area contributed by atoms with Gasteiger partial charge in [-0.15, -0.1) is 0 Å². The van der Waals surface area contributed by atoms with E-state index in [9.17, 15) is 48.6 Å². The summed E-state index contributed by atoms with van der Waals surface area (Å²) in [6.07, 6.45) is 37.2. The molecule has 0 heterocycles. The number of nitrogens with one attached hydrogen (secondary N) is 8. The first-order valence-electron chi connectivity index (χ1n) is 31.7. The maximum absolute atomic E-state index is 12.9. The second kappa shape index (κ2) is 48.4. The molecule has 18 heteroatoms. The average molecular weight is 1120 g/mol. The molecular formula is C61H114N8O10. The Morgan fingerprint density at radius 2 is 0.797 bits per heavy atom. The number of hydrogen-bond acceptors (Lipinski definition) is 10. The van der Waals surface area contributed by atoms with E-state index in [0.29, 0.717) is 64.7 Å². The second-order valence-corrected chi connectivity index (χ2v) is 22.5. The molecule has 18 nitrogen and oxygen atoms in total. The first kappa shape index (κ1) is 72.7. The van der Waals surface area contributed by atoms with Crippen LogP contribution in [0.3, 0.4) is 0 Å². The standard InChI is InChI=1S/C61H114N8O10/c1-5-7-9-11-13-15-17-19-21-23-25-27-29-38-55(72)68-51(58(75)76)40-42-53(70)64-44-32-31-37-50(62-3)57(74)66-45-33-34-47-67-61(60(79)63-4)48-49(61)36-35-46-65-54(71)43-41-52(59(77)78)69-56(73)39-30-28-26-24-22-20-18-16-14-12-10-8-6-2/h49-52,62,67H,5-48H2,1-4H3,(H,63,79)(H,64,70)(H,65,71)(H,66,74)(H,68,72)(H,69,73)(H,75,76)(H,77,78)/t49-,50-,51-,52-,61?/m0/s1. The number of likely N-dealkylation sites (N-methyl/N-ethyl adjacent to an activating group) is 2. The van der Waals surface area contributed by atoms with E-state index in [4.69, 9.17) is 0 Å². The Kier molecular flexibility index (Phi) is 44.5. The zero-order chi connectivity index (χ0) is 58.2. The van der Waals surface area contributed by atoms with Crippen LogP contribution in [0.2, 0.25) is 0 Å². The van der Waals surface area contributed by atoms with Crippen LogP contribution in [0.1, 0.15) is 271 Å². The topological polar surface area (TPSA) is 273 Å². The van der Waals surface area contributed by atoms with E-state index >= 15 is 0 Å². The number of carbonyl (C=O) groups is 8. The largest absolute Gasteiger partial charge is 0.480 e. The highest BCUT2D eigenvalue weighted by Gasteiger charge is 2.58. The highest BCUT2D eigenvalue weighted by atomic mass is 16.4. The van der Waals surface area contributed by atoms with Gasteiger partial charge in [-0.25, -0.2) is 9.59 Å². The lowest BCUT2D eigenvalue weighted by Crippen LogP contribution is -2.47. The minimum Gasteiger partial charge on any atom is -0.480 e. The van der Waals surface area contributed by atoms with Crippen molar-refractivity contribution in [2.75, 3.05) is 40.3 Å². The van der Waals surface area contributed by atoms with Crippen molar-refractivity contribution in [2.24, 2.45) is 5.92 Å². The predicted molar refractivity (Wildman–Crippen MR) is 315 cm³/mol. The predicted octanol–water partition coefficient (Wildman–Crippen LogP) is 9.41. The summed E-state index contributed by atoms with van der Waals surface area (Å²) in [7, 11) is 3.34. The molecule has 1 rings (SSSR count). The quantitative estimate of drug-likeness (QED) is 0.0255. The average Bonchev–Trinajstić information content (AvgIpc) is 4.36. The van der Waals surface area contributed by atoms with Gasteiger partial charge in [0.15, 0.2) is 0 Å². The van der Waals surface area contributed by atoms with E-state index in [0.717, 1.165) is 64.2 Å². The number of carboxylic acid groups (broad SMARTS) is 2. The van der Waals surface area contributed by atoms with Gasteiger partial charge in [-0.3, -0.25) is 28.8 Å². The van der Waals surface area contributed by atoms with Gasteiger partial charge in [-0.05, 0) is 96.6 Å². The maximum Gasteiger partial charge on any atom is 0.326 e. The molecule has 0 radical (unpaired) electrons. The van der Waals surface area contributed by atoms with Crippen molar-refractivity contribution in [2.45, 2.75) is 294 Å². The molecule has 1 saturated carbocycles. The molecular weight excluding hydrogens is 1000 g/mol. The van der Waals surface area contributed by atoms with E-state index in [2.05, 4.69) is 56.4 Å². The van der Waals surface area contributed by atoms with Crippen LogP contribution in [0.25, 0.3) is 0 Å². The normalized spacial score (nSPS) is 15.8. The second-order valence-electron chi connectivity index (χ2n) is 22.5. The first-order chi connectivity index (χ1) is 38.2. The Morgan fingerprint density at radius 3 is 1.20 bits per heavy atom. The number of unbranched alkanes of at least 4 members (excludes halogenated alkanes) is 26. The molecule has 1 aliphatic carbocycles. The summed E-state index contributed by atoms with van der Waals surface area (Å²) in [6, 6.07) is -2.64. The van der Waals surface area contributed by atoms with E-state index in [1.165, 1.54) is 116 Å². The van der Waals surface area contributed by atoms with Crippen LogP contribution in [-0.2, 0) is 38.4 Å². The Morgan fingerprint density at radius 1 is 0.418 bits per heavy atom. The van der Waals surface area contributed by atoms with Gasteiger partial charge in [0.25, 0.3) is 0 Å². The van der Waals surface area contributed by atoms with E-state index < -0.39 is 35.6 Å². The third-order valence-corrected chi connectivity index (χ3v) is 15.6. The Balaban J connectivity index is 2.20. The molecule has 0 saturated heterocycles. The number of hydrogen-bond donors (Lipinski definition) is 10. The molecule has 0 spiro atoms. The van der Waals surface area contributed by atoms with Gasteiger partial charge < -0.3 is 52.7 Å². The lowest BCUT2D eigenvalue weighted by atomic mass is 10.0. The van der Waals surface area contributed by atoms with Crippen molar-refractivity contribution < 1.29 is 48.6 Å². The summed E-state index contributed by atoms with van der Waals surface area (Å²) in [5, 5.41) is 42.4. The van der Waals surface area contributed by atoms with Crippen molar-refractivity contribution in [3.05, 3.63) is 0 Å². The van der Waals surface area contributed by atoms with Crippen LogP contribution in [0.15, 0.2) is 0 Å². The van der Waals surface area contributed by atoms with Crippen LogP contribution in [0.5, 0.6) is 0 Å². The summed E-state index contributed by atoms with van der Waals surface area (Å²) in [4.78, 5) is 99.5. The van der Waals surface area contributed by atoms with E-state index in [1.54, 1.807) is 14.1 Å². The summed E-state index contributed by atoms with van der Waals surface area (Å²) in [6.45, 7) is 6.32. The lowest BCUT2D eigenvalue weighted by molar-refractivity contribution is -0.142. The van der Waals surface area contributed by atoms with Gasteiger partial charge in [0, 0.05) is 52.4 Å². The van der Waals surface area contributed by atoms with Crippen LogP contribution in [0, 0.1) is 5.92 Å². The van der Waals surface area contributed by atoms with Crippen molar-refractivity contribution in [1.82, 2.24) is 42.5 Å². The third kappa shape index (κ3) is 38.1. The smallest absolute Gasteiger partial charge is 0.326 e. The maximum atomic E-state index is 12.9. The molecule has 5 atom stereocenters. The van der Waals surface area contributed by atoms with Gasteiger partial charge in [0.1, 0.15) is 17.6 Å². The molecule has 1 unspecified atom stereocenters. The van der Waals surface area contributed by atoms with Crippen molar-refractivity contribution in [3.8, 4) is 0 Å². The molecule has 0 aromatic carbocycles. The Bertz CT molecular complexity index is 1670. The van der Waals surface area contributed by atoms with Gasteiger partial charge in [-0.1, -0.05) is 168 Å². The highest BCUT2D eigenvalue weighted by molar-refractivity contribution is 5.90. The number of amides is 6. The van der Waals surface area contributed by atoms with E-state index in [1.807, 2.05) is 0 Å². The molecule has 0 aromatic rings. The van der Waals surface area contributed by atoms with Gasteiger partial charge >= 0.3 is 11.9 Å². The Labute approximate surface area is 477 Å². The lowest BCUT2D eigenvalue weighted by Gasteiger charge is -2.19. The molecule has 0 aliphatic heterocycles. The third-order valence-electron chi connectivity index (χ3n) is 15.6. The summed E-state index contributed by atoms with van der Waals surface area (Å²) < 4.78 is 0. The highest BCUT2D eigenvalue weighted by Crippen LogP contribution is 2.46. The van der Waals surface area contributed by atoms with Gasteiger partial charge in [0.05, 0.1) is 6.04 Å². The number of aliphatic carboxylic acids is 2. The molecule has 458 valence electrons. The monoisotopic (exact) mass is 1120 g/mol. The summed E-state index contributed by atoms with van der Waals surface area (Å²) >= 11 is 0. The molecule has 0 bridgehead atoms. The SMILES string of the molecule is CCCCCCCCCCCCCCCC(=O)N[C@@H](CCC(=O)NCCCC[C@H](NC)C(=O)NCCCCNC1(C(=O)NC)C[C@@H]1CCCNC(=O)CC[C@H](NC(=O)CCCCCCCCCCCCCCC)C(=O)O)C(=O)O. The van der Waals surface area contributed by atoms with Crippen LogP contribution >= 0.6 is 0 Å². The van der Waals surface area contributed by atoms with Gasteiger partial charge in [0.2, 0.25) is 35.4 Å². The number of carbonyl (C=O) groups excluding carboxylic acids is 6. The van der Waals surface area contributed by atoms with Gasteiger partial charge in [-0.2, -0.15) is 0 Å². The Hall–Kier alpha value is -4.32. The van der Waals surface area contributed by atoms with Crippen molar-refractivity contribution in [1.29, 1.82) is 0 Å².